The Kier molecular flexibility index (Phi) is 4.55. The SMILES string of the molecule is CC(CCN)C(=O)Cc1ccc(F)cc1F. The molecule has 0 aromatic heterocycles. The normalized spacial score (nSPS) is 12.5. The summed E-state index contributed by atoms with van der Waals surface area (Å²) in [6.07, 6.45) is 0.578. The maximum atomic E-state index is 13.2. The third-order valence-electron chi connectivity index (χ3n) is 2.53. The van der Waals surface area contributed by atoms with Crippen molar-refractivity contribution in [1.29, 1.82) is 0 Å². The van der Waals surface area contributed by atoms with Crippen molar-refractivity contribution in [2.75, 3.05) is 6.54 Å². The summed E-state index contributed by atoms with van der Waals surface area (Å²) in [6.45, 7) is 2.19. The molecule has 1 rings (SSSR count). The van der Waals surface area contributed by atoms with Gasteiger partial charge in [-0.25, -0.2) is 8.78 Å². The van der Waals surface area contributed by atoms with Crippen LogP contribution >= 0.6 is 0 Å². The molecule has 2 N–H and O–H groups in total. The quantitative estimate of drug-likeness (QED) is 0.836. The Hall–Kier alpha value is -1.29. The van der Waals surface area contributed by atoms with Crippen molar-refractivity contribution in [1.82, 2.24) is 0 Å². The second-order valence-electron chi connectivity index (χ2n) is 3.86. The summed E-state index contributed by atoms with van der Waals surface area (Å²) in [5.41, 5.74) is 5.57. The Labute approximate surface area is 93.5 Å². The maximum Gasteiger partial charge on any atom is 0.140 e. The van der Waals surface area contributed by atoms with Crippen molar-refractivity contribution in [2.45, 2.75) is 19.8 Å². The zero-order valence-electron chi connectivity index (χ0n) is 9.17. The Morgan fingerprint density at radius 2 is 2.12 bits per heavy atom. The fraction of sp³-hybridized carbons (Fsp3) is 0.417. The number of ketones is 1. The molecule has 0 aliphatic carbocycles. The first kappa shape index (κ1) is 12.8. The van der Waals surface area contributed by atoms with E-state index in [9.17, 15) is 13.6 Å². The van der Waals surface area contributed by atoms with E-state index in [4.69, 9.17) is 5.73 Å². The monoisotopic (exact) mass is 227 g/mol. The fourth-order valence-electron chi connectivity index (χ4n) is 1.44. The van der Waals surface area contributed by atoms with E-state index in [2.05, 4.69) is 0 Å². The third kappa shape index (κ3) is 3.38. The minimum Gasteiger partial charge on any atom is -0.330 e. The molecule has 1 atom stereocenters. The van der Waals surface area contributed by atoms with Crippen molar-refractivity contribution >= 4 is 5.78 Å². The predicted octanol–water partition coefficient (Wildman–Crippen LogP) is 2.06. The molecule has 0 saturated carbocycles. The van der Waals surface area contributed by atoms with Crippen LogP contribution in [-0.4, -0.2) is 12.3 Å². The van der Waals surface area contributed by atoms with E-state index in [1.54, 1.807) is 6.92 Å². The van der Waals surface area contributed by atoms with Crippen molar-refractivity contribution in [2.24, 2.45) is 11.7 Å². The van der Waals surface area contributed by atoms with Gasteiger partial charge in [0.15, 0.2) is 0 Å². The van der Waals surface area contributed by atoms with Crippen molar-refractivity contribution in [3.8, 4) is 0 Å². The number of hydrogen-bond acceptors (Lipinski definition) is 2. The summed E-state index contributed by atoms with van der Waals surface area (Å²) >= 11 is 0. The molecular weight excluding hydrogens is 212 g/mol. The van der Waals surface area contributed by atoms with Gasteiger partial charge in [0.1, 0.15) is 17.4 Å². The average Bonchev–Trinajstić information content (AvgIpc) is 2.22. The minimum absolute atomic E-state index is 0.00667. The van der Waals surface area contributed by atoms with Gasteiger partial charge in [0.2, 0.25) is 0 Å². The molecule has 0 spiro atoms. The summed E-state index contributed by atoms with van der Waals surface area (Å²) in [5, 5.41) is 0. The molecule has 0 heterocycles. The van der Waals surface area contributed by atoms with Gasteiger partial charge in [-0.1, -0.05) is 13.0 Å². The molecule has 1 aromatic rings. The van der Waals surface area contributed by atoms with Crippen LogP contribution in [0.5, 0.6) is 0 Å². The van der Waals surface area contributed by atoms with Crippen LogP contribution in [0.4, 0.5) is 8.78 Å². The van der Waals surface area contributed by atoms with E-state index in [1.165, 1.54) is 6.07 Å². The average molecular weight is 227 g/mol. The molecule has 16 heavy (non-hydrogen) atoms. The second-order valence-corrected chi connectivity index (χ2v) is 3.86. The number of carbonyl (C=O) groups excluding carboxylic acids is 1. The minimum atomic E-state index is -0.673. The van der Waals surface area contributed by atoms with Gasteiger partial charge < -0.3 is 5.73 Å². The number of carbonyl (C=O) groups is 1. The van der Waals surface area contributed by atoms with Gasteiger partial charge in [0.05, 0.1) is 0 Å². The third-order valence-corrected chi connectivity index (χ3v) is 2.53. The lowest BCUT2D eigenvalue weighted by molar-refractivity contribution is -0.121. The highest BCUT2D eigenvalue weighted by atomic mass is 19.1. The first-order valence-corrected chi connectivity index (χ1v) is 5.21. The first-order valence-electron chi connectivity index (χ1n) is 5.21. The van der Waals surface area contributed by atoms with Crippen LogP contribution in [0.2, 0.25) is 0 Å². The smallest absolute Gasteiger partial charge is 0.140 e. The van der Waals surface area contributed by atoms with Gasteiger partial charge >= 0.3 is 0 Å². The van der Waals surface area contributed by atoms with E-state index < -0.39 is 11.6 Å². The molecule has 88 valence electrons. The topological polar surface area (TPSA) is 43.1 Å². The maximum absolute atomic E-state index is 13.2. The molecule has 0 radical (unpaired) electrons. The predicted molar refractivity (Wildman–Crippen MR) is 57.9 cm³/mol. The van der Waals surface area contributed by atoms with Crippen LogP contribution in [0.15, 0.2) is 18.2 Å². The summed E-state index contributed by atoms with van der Waals surface area (Å²) < 4.78 is 25.9. The highest BCUT2D eigenvalue weighted by molar-refractivity contribution is 5.82. The Balaban J connectivity index is 2.69. The zero-order chi connectivity index (χ0) is 12.1. The van der Waals surface area contributed by atoms with Crippen molar-refractivity contribution in [3.63, 3.8) is 0 Å². The largest absolute Gasteiger partial charge is 0.330 e. The van der Waals surface area contributed by atoms with E-state index >= 15 is 0 Å². The van der Waals surface area contributed by atoms with E-state index in [-0.39, 0.29) is 23.7 Å². The van der Waals surface area contributed by atoms with Crippen LogP contribution in [0, 0.1) is 17.6 Å². The van der Waals surface area contributed by atoms with Crippen LogP contribution < -0.4 is 5.73 Å². The number of hydrogen-bond donors (Lipinski definition) is 1. The first-order chi connectivity index (χ1) is 7.54. The van der Waals surface area contributed by atoms with Gasteiger partial charge in [-0.15, -0.1) is 0 Å². The van der Waals surface area contributed by atoms with Gasteiger partial charge in [-0.05, 0) is 24.6 Å². The fourth-order valence-corrected chi connectivity index (χ4v) is 1.44. The molecule has 1 aromatic carbocycles. The lowest BCUT2D eigenvalue weighted by Gasteiger charge is -2.09. The Morgan fingerprint density at radius 1 is 1.44 bits per heavy atom. The van der Waals surface area contributed by atoms with Crippen LogP contribution in [0.1, 0.15) is 18.9 Å². The zero-order valence-corrected chi connectivity index (χ0v) is 9.17. The highest BCUT2D eigenvalue weighted by Crippen LogP contribution is 2.13. The molecule has 0 aliphatic heterocycles. The van der Waals surface area contributed by atoms with Crippen LogP contribution in [0.3, 0.4) is 0 Å². The highest BCUT2D eigenvalue weighted by Gasteiger charge is 2.14. The second kappa shape index (κ2) is 5.70. The number of rotatable bonds is 5. The van der Waals surface area contributed by atoms with Crippen LogP contribution in [0.25, 0.3) is 0 Å². The molecule has 0 bridgehead atoms. The molecule has 0 saturated heterocycles. The number of nitrogens with two attached hydrogens (primary N) is 1. The van der Waals surface area contributed by atoms with Crippen molar-refractivity contribution < 1.29 is 13.6 Å². The molecule has 0 amide bonds. The van der Waals surface area contributed by atoms with Gasteiger partial charge in [-0.3, -0.25) is 4.79 Å². The number of benzene rings is 1. The lowest BCUT2D eigenvalue weighted by Crippen LogP contribution is -2.18. The molecular formula is C12H15F2NO. The summed E-state index contributed by atoms with van der Waals surface area (Å²) in [6, 6.07) is 3.24. The molecule has 0 fully saturated rings. The van der Waals surface area contributed by atoms with Gasteiger partial charge in [0, 0.05) is 18.4 Å². The van der Waals surface area contributed by atoms with Gasteiger partial charge in [0.25, 0.3) is 0 Å². The van der Waals surface area contributed by atoms with E-state index in [0.29, 0.717) is 13.0 Å². The van der Waals surface area contributed by atoms with E-state index in [0.717, 1.165) is 12.1 Å². The lowest BCUT2D eigenvalue weighted by atomic mass is 9.96. The summed E-state index contributed by atoms with van der Waals surface area (Å²) in [5.74, 6) is -1.57. The van der Waals surface area contributed by atoms with E-state index in [1.807, 2.05) is 0 Å². The van der Waals surface area contributed by atoms with Crippen molar-refractivity contribution in [3.05, 3.63) is 35.4 Å². The summed E-state index contributed by atoms with van der Waals surface area (Å²) in [7, 11) is 0. The molecule has 1 unspecified atom stereocenters. The van der Waals surface area contributed by atoms with Gasteiger partial charge in [-0.2, -0.15) is 0 Å². The molecule has 0 aliphatic rings. The molecule has 2 nitrogen and oxygen atoms in total. The Bertz CT molecular complexity index is 379. The Morgan fingerprint density at radius 3 is 2.69 bits per heavy atom. The number of halogens is 2. The van der Waals surface area contributed by atoms with Crippen LogP contribution in [-0.2, 0) is 11.2 Å². The molecule has 4 heteroatoms. The summed E-state index contributed by atoms with van der Waals surface area (Å²) in [4.78, 5) is 11.6. The standard InChI is InChI=1S/C12H15F2NO/c1-8(4-5-15)12(16)6-9-2-3-10(13)7-11(9)14/h2-3,7-8H,4-6,15H2,1H3. The number of Topliss-reactive ketones (excluding diaryl/α,β-unsaturated/α-hetero) is 1.